The van der Waals surface area contributed by atoms with Gasteiger partial charge in [-0.15, -0.1) is 0 Å². The van der Waals surface area contributed by atoms with E-state index >= 15 is 0 Å². The maximum atomic E-state index is 11.4. The average molecular weight is 1160 g/mol. The number of nitrogens with one attached hydrogen (secondary N) is 3. The van der Waals surface area contributed by atoms with Crippen LogP contribution >= 0.6 is 23.5 Å². The number of aliphatic hydroxyl groups is 4. The van der Waals surface area contributed by atoms with Gasteiger partial charge in [-0.25, -0.2) is 28.6 Å². The zero-order valence-electron chi connectivity index (χ0n) is 40.9. The predicted molar refractivity (Wildman–Crippen MR) is 260 cm³/mol. The first-order valence-electron chi connectivity index (χ1n) is 23.1. The Morgan fingerprint density at radius 1 is 0.688 bits per heavy atom. The first-order valence-corrected chi connectivity index (χ1v) is 27.7. The fraction of sp³-hybridized carbons (Fsp3) is 0.634. The van der Waals surface area contributed by atoms with Gasteiger partial charge in [-0.2, -0.15) is 0 Å². The van der Waals surface area contributed by atoms with Gasteiger partial charge in [0, 0.05) is 44.3 Å². The largest absolute Gasteiger partial charge is 0.469 e. The zero-order chi connectivity index (χ0) is 55.9. The smallest absolute Gasteiger partial charge is 0.387 e. The Morgan fingerprint density at radius 2 is 1.17 bits per heavy atom. The van der Waals surface area contributed by atoms with Gasteiger partial charge in [0.2, 0.25) is 0 Å². The standard InChI is InChI=1S/C17H28N5O8P.C13H19N2O8P.C10H15N2O8P.CH4/c1-2-3-6-28-7-4-5-18-15-12-16(20-9-19-15)22(10-21-12)17-14(24)13(23)11(30-17)8-29-31(25,26)27;1-7-14-9(16)4-5-15(7)12-11-10(22-13(2,3)23-11)8(21-12)6-20-24(17,18)19;1-5-11-7(13)2-3-12(5)10-9(15)8(14)6(20-10)4-19-21(16,17)18;/h9-11,13-14,17,23-24H,2-8H2,1H3,(H,18,19,20)(H2,25,26,27);4-5,8,10-12H,1,6H2,2-3H3,(H,14,16)(H2,17,18,19);2-3,6,8-10,14-15H,1,4H2,(H,11,13)(H2,16,17,18);1H4/t11-,13-,14-,17?;8-,10-,11?,12?;6-,8-,9?,10?;/m111./s1. The second-order valence-corrected chi connectivity index (χ2v) is 21.4. The Kier molecular flexibility index (Phi) is 22.2. The highest BCUT2D eigenvalue weighted by Gasteiger charge is 2.57. The predicted octanol–water partition coefficient (Wildman–Crippen LogP) is -1.47. The molecule has 5 unspecified atom stereocenters. The number of nitrogens with zero attached hydrogens (tertiary/aromatic N) is 6. The molecule has 434 valence electrons. The number of carbonyl (C=O) groups is 2. The number of amides is 2. The second kappa shape index (κ2) is 26.8. The van der Waals surface area contributed by atoms with Gasteiger partial charge in [0.05, 0.1) is 26.1 Å². The summed E-state index contributed by atoms with van der Waals surface area (Å²) in [6.45, 7) is 13.3. The number of anilines is 1. The Labute approximate surface area is 440 Å². The molecular weight excluding hydrogens is 1100 g/mol. The maximum Gasteiger partial charge on any atom is 0.469 e. The third-order valence-corrected chi connectivity index (χ3v) is 13.0. The van der Waals surface area contributed by atoms with E-state index in [1.54, 1.807) is 18.7 Å². The van der Waals surface area contributed by atoms with Gasteiger partial charge < -0.3 is 104 Å². The highest BCUT2D eigenvalue weighted by molar-refractivity contribution is 7.46. The lowest BCUT2D eigenvalue weighted by atomic mass is 10.1. The number of fused-ring (bicyclic) bond motifs is 2. The Hall–Kier alpha value is -4.22. The van der Waals surface area contributed by atoms with Crippen molar-refractivity contribution in [3.05, 3.63) is 62.0 Å². The molecule has 12 atom stereocenters. The van der Waals surface area contributed by atoms with Crippen molar-refractivity contribution in [3.63, 3.8) is 0 Å². The molecule has 6 aliphatic rings. The van der Waals surface area contributed by atoms with Crippen molar-refractivity contribution < 1.29 is 115 Å². The molecule has 2 aromatic heterocycles. The van der Waals surface area contributed by atoms with Crippen LogP contribution in [-0.2, 0) is 65.3 Å². The van der Waals surface area contributed by atoms with Gasteiger partial charge in [-0.05, 0) is 26.7 Å². The van der Waals surface area contributed by atoms with Crippen molar-refractivity contribution >= 4 is 52.3 Å². The number of unbranched alkanes of at least 4 members (excludes halogenated alkanes) is 1. The third-order valence-electron chi connectivity index (χ3n) is 11.5. The van der Waals surface area contributed by atoms with Gasteiger partial charge in [-0.3, -0.25) is 27.7 Å². The van der Waals surface area contributed by atoms with Crippen molar-refractivity contribution in [2.24, 2.45) is 0 Å². The summed E-state index contributed by atoms with van der Waals surface area (Å²) in [5, 5.41) is 48.4. The summed E-state index contributed by atoms with van der Waals surface area (Å²) in [4.78, 5) is 90.7. The molecule has 4 fully saturated rings. The van der Waals surface area contributed by atoms with E-state index in [-0.39, 0.29) is 25.8 Å². The van der Waals surface area contributed by atoms with Crippen molar-refractivity contribution in [1.82, 2.24) is 40.0 Å². The maximum absolute atomic E-state index is 11.4. The normalized spacial score (nSPS) is 29.8. The van der Waals surface area contributed by atoms with Crippen molar-refractivity contribution in [1.29, 1.82) is 0 Å². The minimum atomic E-state index is -4.74. The number of rotatable bonds is 20. The van der Waals surface area contributed by atoms with Gasteiger partial charge in [-0.1, -0.05) is 33.9 Å². The first-order chi connectivity index (χ1) is 35.6. The minimum Gasteiger partial charge on any atom is -0.387 e. The SMILES string of the molecule is C.C=C1NC(=O)C=CN1C1O[C@H](COP(=O)(O)O)[C@@H](O)C1O.C=C1NC(=O)C=CN1C1O[C@H](COP(=O)(O)O)[C@H]2OC(C)(C)OC12.CCCCOCCCNc1ncnc2c1ncn2C1O[C@H](COP(=O)(O)O)[C@@H](O)[C@H]1O. The number of ether oxygens (including phenoxy) is 6. The summed E-state index contributed by atoms with van der Waals surface area (Å²) in [7, 11) is -14.1. The molecule has 8 rings (SSSR count). The minimum absolute atomic E-state index is 0. The Morgan fingerprint density at radius 3 is 1.70 bits per heavy atom. The fourth-order valence-corrected chi connectivity index (χ4v) is 9.09. The van der Waals surface area contributed by atoms with E-state index in [0.29, 0.717) is 36.0 Å². The fourth-order valence-electron chi connectivity index (χ4n) is 8.07. The molecule has 77 heavy (non-hydrogen) atoms. The molecule has 2 amide bonds. The molecule has 36 heteroatoms. The Balaban J connectivity index is 0.000000216. The van der Waals surface area contributed by atoms with Gasteiger partial charge >= 0.3 is 23.5 Å². The monoisotopic (exact) mass is 1160 g/mol. The van der Waals surface area contributed by atoms with Crippen LogP contribution in [-0.4, -0.2) is 204 Å². The van der Waals surface area contributed by atoms with Crippen LogP contribution in [0, 0.1) is 0 Å². The van der Waals surface area contributed by atoms with E-state index in [9.17, 15) is 43.7 Å². The Bertz CT molecular complexity index is 2580. The van der Waals surface area contributed by atoms with E-state index in [4.69, 9.17) is 57.8 Å². The van der Waals surface area contributed by atoms with Crippen LogP contribution in [0.25, 0.3) is 11.2 Å². The molecule has 33 nitrogen and oxygen atoms in total. The van der Waals surface area contributed by atoms with E-state index in [2.05, 4.69) is 64.6 Å². The number of aromatic nitrogens is 4. The molecule has 0 bridgehead atoms. The molecule has 0 aliphatic carbocycles. The first kappa shape index (κ1) is 63.6. The summed E-state index contributed by atoms with van der Waals surface area (Å²) in [6, 6.07) is 0. The number of aliphatic hydroxyl groups excluding tert-OH is 4. The van der Waals surface area contributed by atoms with Gasteiger partial charge in [0.25, 0.3) is 11.8 Å². The molecule has 8 heterocycles. The lowest BCUT2D eigenvalue weighted by molar-refractivity contribution is -0.202. The zero-order valence-corrected chi connectivity index (χ0v) is 43.6. The number of hydrogen-bond acceptors (Lipinski definition) is 24. The van der Waals surface area contributed by atoms with Crippen molar-refractivity contribution in [2.45, 2.75) is 127 Å². The molecule has 0 aromatic carbocycles. The molecule has 2 aromatic rings. The number of hydrogen-bond donors (Lipinski definition) is 13. The molecule has 4 saturated heterocycles. The summed E-state index contributed by atoms with van der Waals surface area (Å²) in [6.07, 6.45) is -1.66. The van der Waals surface area contributed by atoms with E-state index in [1.807, 2.05) is 0 Å². The average Bonchev–Trinajstić information content (AvgIpc) is 4.12. The molecule has 0 radical (unpaired) electrons. The van der Waals surface area contributed by atoms with Crippen molar-refractivity contribution in [2.75, 3.05) is 44.9 Å². The van der Waals surface area contributed by atoms with Gasteiger partial charge in [0.1, 0.15) is 72.9 Å². The van der Waals surface area contributed by atoms with E-state index in [0.717, 1.165) is 25.9 Å². The number of carbonyl (C=O) groups excluding carboxylic acids is 2. The van der Waals surface area contributed by atoms with Crippen LogP contribution in [0.15, 0.2) is 62.0 Å². The third kappa shape index (κ3) is 17.4. The second-order valence-electron chi connectivity index (χ2n) is 17.7. The summed E-state index contributed by atoms with van der Waals surface area (Å²) in [5.41, 5.74) is 0.819. The van der Waals surface area contributed by atoms with Gasteiger partial charge in [0.15, 0.2) is 41.5 Å². The molecular formula is C41H66N9O24P3. The molecule has 13 N–H and O–H groups in total. The quantitative estimate of drug-likeness (QED) is 0.0531. The molecule has 6 aliphatic heterocycles. The topological polar surface area (TPSA) is 457 Å². The number of phosphoric ester groups is 3. The lowest BCUT2D eigenvalue weighted by Gasteiger charge is -2.34. The van der Waals surface area contributed by atoms with Crippen LogP contribution < -0.4 is 16.0 Å². The van der Waals surface area contributed by atoms with E-state index in [1.165, 1.54) is 46.7 Å². The van der Waals surface area contributed by atoms with Crippen LogP contribution in [0.1, 0.15) is 53.7 Å². The van der Waals surface area contributed by atoms with Crippen LogP contribution in [0.3, 0.4) is 0 Å². The number of imidazole rings is 1. The van der Waals surface area contributed by atoms with Crippen molar-refractivity contribution in [3.8, 4) is 0 Å². The summed E-state index contributed by atoms with van der Waals surface area (Å²) < 4.78 is 81.0. The summed E-state index contributed by atoms with van der Waals surface area (Å²) >= 11 is 0. The molecule has 0 saturated carbocycles. The van der Waals surface area contributed by atoms with Crippen LogP contribution in [0.2, 0.25) is 0 Å². The highest BCUT2D eigenvalue weighted by Crippen LogP contribution is 2.44. The van der Waals surface area contributed by atoms with Crippen LogP contribution in [0.4, 0.5) is 5.82 Å². The summed E-state index contributed by atoms with van der Waals surface area (Å²) in [5.74, 6) is -0.651. The lowest BCUT2D eigenvalue weighted by Crippen LogP contribution is -2.46. The number of phosphoric acid groups is 3. The molecule has 0 spiro atoms. The highest BCUT2D eigenvalue weighted by atomic mass is 31.2. The van der Waals surface area contributed by atoms with Crippen LogP contribution in [0.5, 0.6) is 0 Å². The van der Waals surface area contributed by atoms with E-state index < -0.39 is 122 Å².